The number of imidazole rings is 1. The van der Waals surface area contributed by atoms with Crippen LogP contribution in [0, 0.1) is 0 Å². The number of nitrogens with zero attached hydrogens (tertiary/aromatic N) is 4. The third-order valence-electron chi connectivity index (χ3n) is 5.61. The summed E-state index contributed by atoms with van der Waals surface area (Å²) in [6, 6.07) is 0.968. The number of carbonyl (C=O) groups excluding carboxylic acids is 1. The van der Waals surface area contributed by atoms with Gasteiger partial charge in [-0.3, -0.25) is 4.90 Å². The highest BCUT2D eigenvalue weighted by molar-refractivity contribution is 5.75. The normalized spacial score (nSPS) is 21.6. The first-order valence-electron chi connectivity index (χ1n) is 9.29. The van der Waals surface area contributed by atoms with Gasteiger partial charge < -0.3 is 14.8 Å². The van der Waals surface area contributed by atoms with Gasteiger partial charge in [0.05, 0.1) is 11.7 Å². The Hall–Kier alpha value is -1.56. The molecule has 2 aliphatic rings. The van der Waals surface area contributed by atoms with Gasteiger partial charge in [-0.05, 0) is 40.7 Å². The van der Waals surface area contributed by atoms with E-state index in [1.165, 1.54) is 18.5 Å². The zero-order valence-corrected chi connectivity index (χ0v) is 15.5. The maximum Gasteiger partial charge on any atom is 0.318 e. The second-order valence-electron chi connectivity index (χ2n) is 7.57. The van der Waals surface area contributed by atoms with Crippen LogP contribution in [-0.4, -0.2) is 51.1 Å². The quantitative estimate of drug-likeness (QED) is 0.922. The van der Waals surface area contributed by atoms with Crippen LogP contribution in [0.25, 0.3) is 0 Å². The maximum absolute atomic E-state index is 12.6. The summed E-state index contributed by atoms with van der Waals surface area (Å²) in [6.07, 6.45) is 6.68. The van der Waals surface area contributed by atoms with E-state index >= 15 is 0 Å². The smallest absolute Gasteiger partial charge is 0.318 e. The first kappa shape index (κ1) is 17.3. The fourth-order valence-electron chi connectivity index (χ4n) is 3.73. The van der Waals surface area contributed by atoms with E-state index in [-0.39, 0.29) is 12.1 Å². The topological polar surface area (TPSA) is 53.4 Å². The standard InChI is InChI=1S/C18H31N5O/c1-13(2)21(4)12-16-11-19-17-14(3)22(9-10-23(16)17)18(24)20-15-7-5-6-8-15/h11,13-15H,5-10,12H2,1-4H3,(H,20,24)/t14-/m0/s1. The molecule has 24 heavy (non-hydrogen) atoms. The van der Waals surface area contributed by atoms with Crippen molar-refractivity contribution in [2.45, 2.75) is 77.7 Å². The Balaban J connectivity index is 1.68. The average molecular weight is 333 g/mol. The zero-order valence-electron chi connectivity index (χ0n) is 15.5. The van der Waals surface area contributed by atoms with E-state index in [4.69, 9.17) is 0 Å². The van der Waals surface area contributed by atoms with Crippen molar-refractivity contribution in [2.24, 2.45) is 0 Å². The molecule has 1 saturated carbocycles. The molecule has 1 aliphatic carbocycles. The minimum Gasteiger partial charge on any atom is -0.335 e. The SMILES string of the molecule is CC(C)N(C)Cc1cnc2n1CCN(C(=O)NC1CCCC1)[C@H]2C. The van der Waals surface area contributed by atoms with E-state index in [1.54, 1.807) is 0 Å². The Morgan fingerprint density at radius 3 is 2.75 bits per heavy atom. The molecular weight excluding hydrogens is 302 g/mol. The van der Waals surface area contributed by atoms with Crippen LogP contribution in [0.5, 0.6) is 0 Å². The van der Waals surface area contributed by atoms with Gasteiger partial charge in [0.2, 0.25) is 0 Å². The van der Waals surface area contributed by atoms with Crippen LogP contribution in [0.2, 0.25) is 0 Å². The van der Waals surface area contributed by atoms with Crippen molar-refractivity contribution >= 4 is 6.03 Å². The molecule has 134 valence electrons. The molecular formula is C18H31N5O. The van der Waals surface area contributed by atoms with Gasteiger partial charge in [-0.25, -0.2) is 9.78 Å². The second kappa shape index (κ2) is 7.13. The van der Waals surface area contributed by atoms with Crippen LogP contribution >= 0.6 is 0 Å². The molecule has 1 N–H and O–H groups in total. The predicted octanol–water partition coefficient (Wildman–Crippen LogP) is 2.75. The van der Waals surface area contributed by atoms with E-state index in [2.05, 4.69) is 47.6 Å². The molecule has 6 nitrogen and oxygen atoms in total. The molecule has 0 radical (unpaired) electrons. The highest BCUT2D eigenvalue weighted by Gasteiger charge is 2.31. The van der Waals surface area contributed by atoms with Crippen molar-refractivity contribution in [1.82, 2.24) is 24.7 Å². The first-order chi connectivity index (χ1) is 11.5. The fraction of sp³-hybridized carbons (Fsp3) is 0.778. The minimum absolute atomic E-state index is 0.0262. The molecule has 0 unspecified atom stereocenters. The number of rotatable bonds is 4. The van der Waals surface area contributed by atoms with Crippen LogP contribution in [0.1, 0.15) is 64.0 Å². The average Bonchev–Trinajstić information content (AvgIpc) is 3.18. The van der Waals surface area contributed by atoms with Crippen molar-refractivity contribution in [3.63, 3.8) is 0 Å². The van der Waals surface area contributed by atoms with Crippen LogP contribution in [-0.2, 0) is 13.1 Å². The molecule has 1 aromatic heterocycles. The number of hydrogen-bond acceptors (Lipinski definition) is 3. The summed E-state index contributed by atoms with van der Waals surface area (Å²) < 4.78 is 2.29. The molecule has 2 heterocycles. The molecule has 1 fully saturated rings. The predicted molar refractivity (Wildman–Crippen MR) is 94.7 cm³/mol. The molecule has 0 aromatic carbocycles. The molecule has 1 aromatic rings. The zero-order chi connectivity index (χ0) is 17.3. The van der Waals surface area contributed by atoms with Crippen molar-refractivity contribution in [3.8, 4) is 0 Å². The van der Waals surface area contributed by atoms with E-state index in [0.717, 1.165) is 38.3 Å². The highest BCUT2D eigenvalue weighted by atomic mass is 16.2. The summed E-state index contributed by atoms with van der Waals surface area (Å²) in [6.45, 7) is 8.96. The Labute approximate surface area is 145 Å². The van der Waals surface area contributed by atoms with Crippen LogP contribution in [0.4, 0.5) is 4.79 Å². The fourth-order valence-corrected chi connectivity index (χ4v) is 3.73. The molecule has 3 rings (SSSR count). The van der Waals surface area contributed by atoms with Gasteiger partial charge in [-0.15, -0.1) is 0 Å². The van der Waals surface area contributed by atoms with Gasteiger partial charge in [-0.1, -0.05) is 12.8 Å². The lowest BCUT2D eigenvalue weighted by Gasteiger charge is -2.35. The van der Waals surface area contributed by atoms with Crippen molar-refractivity contribution in [3.05, 3.63) is 17.7 Å². The lowest BCUT2D eigenvalue weighted by molar-refractivity contribution is 0.155. The van der Waals surface area contributed by atoms with Gasteiger partial charge in [-0.2, -0.15) is 0 Å². The summed E-state index contributed by atoms with van der Waals surface area (Å²) in [5.41, 5.74) is 1.24. The van der Waals surface area contributed by atoms with Crippen LogP contribution in [0.3, 0.4) is 0 Å². The summed E-state index contributed by atoms with van der Waals surface area (Å²) in [5, 5.41) is 3.21. The second-order valence-corrected chi connectivity index (χ2v) is 7.57. The third kappa shape index (κ3) is 3.43. The van der Waals surface area contributed by atoms with Crippen LogP contribution < -0.4 is 5.32 Å². The minimum atomic E-state index is 0.0262. The number of amides is 2. The van der Waals surface area contributed by atoms with Gasteiger partial charge in [0.1, 0.15) is 5.82 Å². The van der Waals surface area contributed by atoms with Gasteiger partial charge in [0.15, 0.2) is 0 Å². The van der Waals surface area contributed by atoms with Crippen molar-refractivity contribution in [1.29, 1.82) is 0 Å². The third-order valence-corrected chi connectivity index (χ3v) is 5.61. The molecule has 0 spiro atoms. The van der Waals surface area contributed by atoms with Crippen molar-refractivity contribution < 1.29 is 4.79 Å². The number of fused-ring (bicyclic) bond motifs is 1. The number of nitrogens with one attached hydrogen (secondary N) is 1. The van der Waals surface area contributed by atoms with E-state index in [1.807, 2.05) is 11.1 Å². The Bertz CT molecular complexity index is 576. The number of carbonyl (C=O) groups is 1. The Morgan fingerprint density at radius 1 is 1.38 bits per heavy atom. The lowest BCUT2D eigenvalue weighted by Crippen LogP contribution is -2.49. The van der Waals surface area contributed by atoms with Gasteiger partial charge in [0.25, 0.3) is 0 Å². The van der Waals surface area contributed by atoms with E-state index in [9.17, 15) is 4.79 Å². The summed E-state index contributed by atoms with van der Waals surface area (Å²) in [5.74, 6) is 1.01. The monoisotopic (exact) mass is 333 g/mol. The van der Waals surface area contributed by atoms with Gasteiger partial charge >= 0.3 is 6.03 Å². The Kier molecular flexibility index (Phi) is 5.13. The molecule has 6 heteroatoms. The molecule has 2 amide bonds. The number of aromatic nitrogens is 2. The number of urea groups is 1. The lowest BCUT2D eigenvalue weighted by atomic mass is 10.2. The number of hydrogen-bond donors (Lipinski definition) is 1. The summed E-state index contributed by atoms with van der Waals surface area (Å²) in [7, 11) is 2.14. The molecule has 0 saturated heterocycles. The molecule has 1 atom stereocenters. The largest absolute Gasteiger partial charge is 0.335 e. The Morgan fingerprint density at radius 2 is 2.08 bits per heavy atom. The summed E-state index contributed by atoms with van der Waals surface area (Å²) in [4.78, 5) is 21.5. The maximum atomic E-state index is 12.6. The summed E-state index contributed by atoms with van der Waals surface area (Å²) >= 11 is 0. The van der Waals surface area contributed by atoms with Gasteiger partial charge in [0, 0.05) is 37.9 Å². The molecule has 1 aliphatic heterocycles. The van der Waals surface area contributed by atoms with Crippen molar-refractivity contribution in [2.75, 3.05) is 13.6 Å². The van der Waals surface area contributed by atoms with E-state index < -0.39 is 0 Å². The first-order valence-corrected chi connectivity index (χ1v) is 9.29. The van der Waals surface area contributed by atoms with Crippen LogP contribution in [0.15, 0.2) is 6.20 Å². The van der Waals surface area contributed by atoms with E-state index in [0.29, 0.717) is 12.1 Å². The molecule has 0 bridgehead atoms. The highest BCUT2D eigenvalue weighted by Crippen LogP contribution is 2.26.